The van der Waals surface area contributed by atoms with Crippen LogP contribution in [-0.2, 0) is 20.7 Å². The number of halogens is 1. The highest BCUT2D eigenvalue weighted by molar-refractivity contribution is 14.1. The number of hydrogen-bond donors (Lipinski definition) is 0. The number of esters is 1. The number of carbonyl (C=O) groups is 2. The van der Waals surface area contributed by atoms with Gasteiger partial charge in [0.1, 0.15) is 11.6 Å². The lowest BCUT2D eigenvalue weighted by molar-refractivity contribution is -0.142. The fourth-order valence-electron chi connectivity index (χ4n) is 2.26. The van der Waals surface area contributed by atoms with Crippen LogP contribution in [-0.4, -0.2) is 30.8 Å². The van der Waals surface area contributed by atoms with Gasteiger partial charge >= 0.3 is 12.1 Å². The third-order valence-corrected chi connectivity index (χ3v) is 3.77. The van der Waals surface area contributed by atoms with Crippen molar-refractivity contribution in [3.63, 3.8) is 0 Å². The normalized spacial score (nSPS) is 17.4. The molecule has 0 fully saturated rings. The van der Waals surface area contributed by atoms with Crippen LogP contribution in [0.5, 0.6) is 0 Å². The molecule has 2 rings (SSSR count). The lowest BCUT2D eigenvalue weighted by atomic mass is 10.1. The molecule has 114 valence electrons. The molecule has 0 aromatic heterocycles. The standard InChI is InChI=1S/C15H18INO4/c1-15(2,3)21-14(19)17-11-8-10(16)6-5-9(11)7-12(17)13(18)20-4/h5-6,8,12H,7H2,1-4H3. The summed E-state index contributed by atoms with van der Waals surface area (Å²) in [6.45, 7) is 5.39. The molecule has 0 saturated heterocycles. The molecule has 0 N–H and O–H groups in total. The number of rotatable bonds is 1. The molecule has 21 heavy (non-hydrogen) atoms. The average Bonchev–Trinajstić information content (AvgIpc) is 2.74. The van der Waals surface area contributed by atoms with Gasteiger partial charge < -0.3 is 9.47 Å². The van der Waals surface area contributed by atoms with Gasteiger partial charge in [-0.05, 0) is 61.1 Å². The highest BCUT2D eigenvalue weighted by Crippen LogP contribution is 2.35. The maximum Gasteiger partial charge on any atom is 0.415 e. The summed E-state index contributed by atoms with van der Waals surface area (Å²) in [6.07, 6.45) is -0.0864. The van der Waals surface area contributed by atoms with E-state index in [1.54, 1.807) is 20.8 Å². The third kappa shape index (κ3) is 3.48. The molecule has 6 heteroatoms. The van der Waals surface area contributed by atoms with Crippen molar-refractivity contribution in [1.29, 1.82) is 0 Å². The first kappa shape index (κ1) is 16.1. The van der Waals surface area contributed by atoms with Crippen molar-refractivity contribution >= 4 is 40.3 Å². The number of hydrogen-bond acceptors (Lipinski definition) is 4. The predicted molar refractivity (Wildman–Crippen MR) is 87.4 cm³/mol. The zero-order chi connectivity index (χ0) is 15.8. The lowest BCUT2D eigenvalue weighted by Crippen LogP contribution is -2.45. The monoisotopic (exact) mass is 403 g/mol. The van der Waals surface area contributed by atoms with E-state index in [2.05, 4.69) is 22.6 Å². The Kier molecular flexibility index (Phi) is 4.46. The topological polar surface area (TPSA) is 55.8 Å². The molecule has 0 spiro atoms. The molecule has 1 aliphatic rings. The molecule has 0 radical (unpaired) electrons. The molecule has 1 unspecified atom stereocenters. The van der Waals surface area contributed by atoms with Gasteiger partial charge in [-0.2, -0.15) is 0 Å². The summed E-state index contributed by atoms with van der Waals surface area (Å²) in [5.74, 6) is -0.438. The van der Waals surface area contributed by atoms with Gasteiger partial charge in [-0.3, -0.25) is 4.90 Å². The summed E-state index contributed by atoms with van der Waals surface area (Å²) in [5, 5.41) is 0. The lowest BCUT2D eigenvalue weighted by Gasteiger charge is -2.28. The van der Waals surface area contributed by atoms with Gasteiger partial charge in [-0.15, -0.1) is 0 Å². The summed E-state index contributed by atoms with van der Waals surface area (Å²) < 4.78 is 11.2. The van der Waals surface area contributed by atoms with Crippen molar-refractivity contribution in [2.75, 3.05) is 12.0 Å². The fourth-order valence-corrected chi connectivity index (χ4v) is 2.74. The Morgan fingerprint density at radius 2 is 2.00 bits per heavy atom. The Morgan fingerprint density at radius 3 is 2.57 bits per heavy atom. The van der Waals surface area contributed by atoms with E-state index in [-0.39, 0.29) is 0 Å². The first-order chi connectivity index (χ1) is 9.73. The SMILES string of the molecule is COC(=O)C1Cc2ccc(I)cc2N1C(=O)OC(C)(C)C. The minimum atomic E-state index is -0.668. The summed E-state index contributed by atoms with van der Waals surface area (Å²) in [4.78, 5) is 25.8. The summed E-state index contributed by atoms with van der Waals surface area (Å²) in [5.41, 5.74) is 1.03. The second-order valence-electron chi connectivity index (χ2n) is 5.87. The number of anilines is 1. The number of benzene rings is 1. The number of carbonyl (C=O) groups excluding carboxylic acids is 2. The summed E-state index contributed by atoms with van der Waals surface area (Å²) in [6, 6.07) is 5.09. The zero-order valence-electron chi connectivity index (χ0n) is 12.5. The molecule has 0 bridgehead atoms. The largest absolute Gasteiger partial charge is 0.467 e. The smallest absolute Gasteiger partial charge is 0.415 e. The van der Waals surface area contributed by atoms with Crippen LogP contribution in [0.25, 0.3) is 0 Å². The van der Waals surface area contributed by atoms with Crippen molar-refractivity contribution in [2.24, 2.45) is 0 Å². The van der Waals surface area contributed by atoms with E-state index in [0.717, 1.165) is 9.13 Å². The van der Waals surface area contributed by atoms with Crippen molar-refractivity contribution in [3.8, 4) is 0 Å². The highest BCUT2D eigenvalue weighted by atomic mass is 127. The van der Waals surface area contributed by atoms with E-state index in [1.807, 2.05) is 18.2 Å². The third-order valence-electron chi connectivity index (χ3n) is 3.10. The molecule has 1 aromatic rings. The van der Waals surface area contributed by atoms with Crippen LogP contribution in [0.15, 0.2) is 18.2 Å². The predicted octanol–water partition coefficient (Wildman–Crippen LogP) is 3.13. The van der Waals surface area contributed by atoms with E-state index >= 15 is 0 Å². The maximum atomic E-state index is 12.5. The van der Waals surface area contributed by atoms with Crippen LogP contribution in [0.2, 0.25) is 0 Å². The van der Waals surface area contributed by atoms with Gasteiger partial charge in [0.2, 0.25) is 0 Å². The van der Waals surface area contributed by atoms with E-state index in [4.69, 9.17) is 9.47 Å². The molecule has 5 nitrogen and oxygen atoms in total. The van der Waals surface area contributed by atoms with E-state index in [1.165, 1.54) is 12.0 Å². The minimum absolute atomic E-state index is 0.438. The fraction of sp³-hybridized carbons (Fsp3) is 0.467. The van der Waals surface area contributed by atoms with Crippen LogP contribution in [0.4, 0.5) is 10.5 Å². The quantitative estimate of drug-likeness (QED) is 0.534. The number of ether oxygens (including phenoxy) is 2. The number of nitrogens with zero attached hydrogens (tertiary/aromatic N) is 1. The molecule has 1 atom stereocenters. The zero-order valence-corrected chi connectivity index (χ0v) is 14.6. The molecule has 1 heterocycles. The van der Waals surface area contributed by atoms with Gasteiger partial charge in [0, 0.05) is 9.99 Å². The van der Waals surface area contributed by atoms with Crippen LogP contribution in [0, 0.1) is 3.57 Å². The molecule has 1 aromatic carbocycles. The van der Waals surface area contributed by atoms with Crippen LogP contribution >= 0.6 is 22.6 Å². The van der Waals surface area contributed by atoms with Crippen LogP contribution in [0.3, 0.4) is 0 Å². The van der Waals surface area contributed by atoms with Crippen molar-refractivity contribution in [3.05, 3.63) is 27.3 Å². The second-order valence-corrected chi connectivity index (χ2v) is 7.11. The second kappa shape index (κ2) is 5.82. The Labute approximate surface area is 137 Å². The van der Waals surface area contributed by atoms with E-state index in [0.29, 0.717) is 12.1 Å². The molecular formula is C15H18INO4. The highest BCUT2D eigenvalue weighted by Gasteiger charge is 2.41. The van der Waals surface area contributed by atoms with Crippen molar-refractivity contribution in [1.82, 2.24) is 0 Å². The van der Waals surface area contributed by atoms with Crippen molar-refractivity contribution in [2.45, 2.75) is 38.8 Å². The van der Waals surface area contributed by atoms with E-state index < -0.39 is 23.7 Å². The van der Waals surface area contributed by atoms with Crippen molar-refractivity contribution < 1.29 is 19.1 Å². The Morgan fingerprint density at radius 1 is 1.33 bits per heavy atom. The molecule has 1 amide bonds. The molecule has 0 saturated carbocycles. The molecule has 0 aliphatic carbocycles. The Bertz CT molecular complexity index is 580. The summed E-state index contributed by atoms with van der Waals surface area (Å²) >= 11 is 2.17. The number of methoxy groups -OCH3 is 1. The minimum Gasteiger partial charge on any atom is -0.467 e. The average molecular weight is 403 g/mol. The first-order valence-electron chi connectivity index (χ1n) is 6.61. The van der Waals surface area contributed by atoms with Gasteiger partial charge in [0.15, 0.2) is 0 Å². The van der Waals surface area contributed by atoms with Crippen LogP contribution in [0.1, 0.15) is 26.3 Å². The van der Waals surface area contributed by atoms with Gasteiger partial charge in [0.05, 0.1) is 12.8 Å². The summed E-state index contributed by atoms with van der Waals surface area (Å²) in [7, 11) is 1.32. The van der Waals surface area contributed by atoms with Gasteiger partial charge in [0.25, 0.3) is 0 Å². The number of amides is 1. The van der Waals surface area contributed by atoms with Gasteiger partial charge in [-0.1, -0.05) is 6.07 Å². The Hall–Kier alpha value is -1.31. The molecule has 1 aliphatic heterocycles. The maximum absolute atomic E-state index is 12.5. The van der Waals surface area contributed by atoms with Gasteiger partial charge in [-0.25, -0.2) is 9.59 Å². The number of fused-ring (bicyclic) bond motifs is 1. The van der Waals surface area contributed by atoms with E-state index in [9.17, 15) is 9.59 Å². The molecular weight excluding hydrogens is 385 g/mol. The van der Waals surface area contributed by atoms with Crippen LogP contribution < -0.4 is 4.90 Å². The Balaban J connectivity index is 2.39. The first-order valence-corrected chi connectivity index (χ1v) is 7.69.